The summed E-state index contributed by atoms with van der Waals surface area (Å²) in [5, 5.41) is 14.2. The molecule has 30 heavy (non-hydrogen) atoms. The van der Waals surface area contributed by atoms with Gasteiger partial charge in [0.2, 0.25) is 5.91 Å². The summed E-state index contributed by atoms with van der Waals surface area (Å²) >= 11 is 0. The van der Waals surface area contributed by atoms with Gasteiger partial charge in [-0.05, 0) is 49.2 Å². The summed E-state index contributed by atoms with van der Waals surface area (Å²) in [4.78, 5) is 14.4. The van der Waals surface area contributed by atoms with Crippen molar-refractivity contribution in [2.45, 2.75) is 12.8 Å². The number of nitrogens with one attached hydrogen (secondary N) is 2. The zero-order valence-electron chi connectivity index (χ0n) is 16.4. The standard InChI is InChI=1S/C23H22FN5O/c24-21-6-2-1-5-17(21)7-12-23(30)27-19-10-8-18(9-11-19)26-22-15-20(16-25-28-22)29-13-3-4-14-29/h1-2,5-12,15-16H,3-4,13-14H2,(H,26,28)(H,27,30)/b12-7+. The van der Waals surface area contributed by atoms with Gasteiger partial charge < -0.3 is 15.5 Å². The average Bonchev–Trinajstić information content (AvgIpc) is 3.30. The van der Waals surface area contributed by atoms with Gasteiger partial charge in [0.25, 0.3) is 0 Å². The summed E-state index contributed by atoms with van der Waals surface area (Å²) in [5.74, 6) is -0.0268. The molecule has 2 heterocycles. The Kier molecular flexibility index (Phi) is 5.98. The molecule has 2 N–H and O–H groups in total. The molecule has 0 bridgehead atoms. The van der Waals surface area contributed by atoms with Gasteiger partial charge in [-0.1, -0.05) is 18.2 Å². The molecule has 3 aromatic rings. The Balaban J connectivity index is 1.35. The number of amides is 1. The summed E-state index contributed by atoms with van der Waals surface area (Å²) < 4.78 is 13.6. The van der Waals surface area contributed by atoms with Gasteiger partial charge in [-0.3, -0.25) is 4.79 Å². The number of hydrogen-bond donors (Lipinski definition) is 2. The predicted molar refractivity (Wildman–Crippen MR) is 117 cm³/mol. The first kappa shape index (κ1) is 19.6. The van der Waals surface area contributed by atoms with E-state index in [0.717, 1.165) is 24.5 Å². The van der Waals surface area contributed by atoms with E-state index in [2.05, 4.69) is 25.7 Å². The van der Waals surface area contributed by atoms with Crippen molar-refractivity contribution in [2.24, 2.45) is 0 Å². The monoisotopic (exact) mass is 403 g/mol. The number of hydrogen-bond acceptors (Lipinski definition) is 5. The van der Waals surface area contributed by atoms with Crippen LogP contribution in [0.4, 0.5) is 27.3 Å². The van der Waals surface area contributed by atoms with E-state index < -0.39 is 0 Å². The zero-order valence-corrected chi connectivity index (χ0v) is 16.4. The van der Waals surface area contributed by atoms with E-state index in [4.69, 9.17) is 0 Å². The highest BCUT2D eigenvalue weighted by atomic mass is 19.1. The highest BCUT2D eigenvalue weighted by molar-refractivity contribution is 6.02. The van der Waals surface area contributed by atoms with Gasteiger partial charge in [0.15, 0.2) is 5.82 Å². The van der Waals surface area contributed by atoms with Crippen LogP contribution in [-0.4, -0.2) is 29.2 Å². The van der Waals surface area contributed by atoms with Crippen LogP contribution >= 0.6 is 0 Å². The summed E-state index contributed by atoms with van der Waals surface area (Å²) in [6, 6.07) is 15.6. The third-order valence-corrected chi connectivity index (χ3v) is 4.86. The highest BCUT2D eigenvalue weighted by Crippen LogP contribution is 2.23. The Hall–Kier alpha value is -3.74. The second-order valence-corrected chi connectivity index (χ2v) is 7.04. The number of benzene rings is 2. The lowest BCUT2D eigenvalue weighted by molar-refractivity contribution is -0.111. The summed E-state index contributed by atoms with van der Waals surface area (Å²) in [5.41, 5.74) is 2.91. The normalized spacial score (nSPS) is 13.6. The topological polar surface area (TPSA) is 70.2 Å². The van der Waals surface area contributed by atoms with Crippen LogP contribution in [0.3, 0.4) is 0 Å². The van der Waals surface area contributed by atoms with Gasteiger partial charge in [0.05, 0.1) is 11.9 Å². The first-order chi connectivity index (χ1) is 14.7. The first-order valence-corrected chi connectivity index (χ1v) is 9.86. The molecule has 0 aliphatic carbocycles. The molecule has 0 atom stereocenters. The number of aromatic nitrogens is 2. The van der Waals surface area contributed by atoms with E-state index in [-0.39, 0.29) is 11.7 Å². The average molecular weight is 403 g/mol. The molecule has 152 valence electrons. The molecule has 4 rings (SSSR count). The molecule has 0 unspecified atom stereocenters. The van der Waals surface area contributed by atoms with Gasteiger partial charge in [-0.2, -0.15) is 5.10 Å². The lowest BCUT2D eigenvalue weighted by Gasteiger charge is -2.17. The molecule has 1 aliphatic heterocycles. The number of rotatable bonds is 6. The lowest BCUT2D eigenvalue weighted by atomic mass is 10.2. The first-order valence-electron chi connectivity index (χ1n) is 9.86. The Labute approximate surface area is 174 Å². The molecule has 0 saturated carbocycles. The SMILES string of the molecule is O=C(/C=C/c1ccccc1F)Nc1ccc(Nc2cc(N3CCCC3)cnn2)cc1. The van der Waals surface area contributed by atoms with Crippen molar-refractivity contribution < 1.29 is 9.18 Å². The second kappa shape index (κ2) is 9.17. The molecule has 1 amide bonds. The quantitative estimate of drug-likeness (QED) is 0.588. The fourth-order valence-corrected chi connectivity index (χ4v) is 3.31. The van der Waals surface area contributed by atoms with Crippen LogP contribution < -0.4 is 15.5 Å². The summed E-state index contributed by atoms with van der Waals surface area (Å²) in [6.45, 7) is 2.09. The van der Waals surface area contributed by atoms with Gasteiger partial charge in [-0.15, -0.1) is 5.10 Å². The Morgan fingerprint density at radius 1 is 1.03 bits per heavy atom. The fraction of sp³-hybridized carbons (Fsp3) is 0.174. The van der Waals surface area contributed by atoms with E-state index in [1.165, 1.54) is 31.1 Å². The van der Waals surface area contributed by atoms with Crippen molar-refractivity contribution in [3.05, 3.63) is 78.3 Å². The number of nitrogens with zero attached hydrogens (tertiary/aromatic N) is 3. The Bertz CT molecular complexity index is 1050. The van der Waals surface area contributed by atoms with Crippen LogP contribution in [0.25, 0.3) is 6.08 Å². The number of halogens is 1. The van der Waals surface area contributed by atoms with Crippen LogP contribution in [0.15, 0.2) is 66.9 Å². The maximum atomic E-state index is 13.6. The Morgan fingerprint density at radius 2 is 1.77 bits per heavy atom. The van der Waals surface area contributed by atoms with Crippen molar-refractivity contribution in [3.8, 4) is 0 Å². The summed E-state index contributed by atoms with van der Waals surface area (Å²) in [6.07, 6.45) is 6.95. The number of carbonyl (C=O) groups is 1. The minimum absolute atomic E-state index is 0.330. The third kappa shape index (κ3) is 5.00. The maximum Gasteiger partial charge on any atom is 0.248 e. The molecule has 1 aromatic heterocycles. The number of anilines is 4. The molecule has 0 radical (unpaired) electrons. The van der Waals surface area contributed by atoms with Crippen LogP contribution in [-0.2, 0) is 4.79 Å². The predicted octanol–water partition coefficient (Wildman–Crippen LogP) is 4.61. The molecular formula is C23H22FN5O. The third-order valence-electron chi connectivity index (χ3n) is 4.86. The molecule has 1 aliphatic rings. The molecule has 0 spiro atoms. The molecule has 1 saturated heterocycles. The molecule has 6 nitrogen and oxygen atoms in total. The second-order valence-electron chi connectivity index (χ2n) is 7.04. The minimum atomic E-state index is -0.367. The van der Waals surface area contributed by atoms with E-state index in [9.17, 15) is 9.18 Å². The van der Waals surface area contributed by atoms with Crippen molar-refractivity contribution in [3.63, 3.8) is 0 Å². The van der Waals surface area contributed by atoms with E-state index >= 15 is 0 Å². The summed E-state index contributed by atoms with van der Waals surface area (Å²) in [7, 11) is 0. The highest BCUT2D eigenvalue weighted by Gasteiger charge is 2.13. The largest absolute Gasteiger partial charge is 0.370 e. The van der Waals surface area contributed by atoms with Crippen molar-refractivity contribution in [2.75, 3.05) is 28.6 Å². The van der Waals surface area contributed by atoms with Gasteiger partial charge in [0.1, 0.15) is 5.82 Å². The molecular weight excluding hydrogens is 381 g/mol. The number of carbonyl (C=O) groups excluding carboxylic acids is 1. The maximum absolute atomic E-state index is 13.6. The fourth-order valence-electron chi connectivity index (χ4n) is 3.31. The van der Waals surface area contributed by atoms with Crippen molar-refractivity contribution >= 4 is 34.9 Å². The van der Waals surface area contributed by atoms with Crippen LogP contribution in [0.2, 0.25) is 0 Å². The van der Waals surface area contributed by atoms with Gasteiger partial charge in [0, 0.05) is 42.2 Å². The van der Waals surface area contributed by atoms with Gasteiger partial charge >= 0.3 is 0 Å². The van der Waals surface area contributed by atoms with Crippen LogP contribution in [0, 0.1) is 5.82 Å². The van der Waals surface area contributed by atoms with E-state index in [1.807, 2.05) is 18.2 Å². The molecule has 1 fully saturated rings. The van der Waals surface area contributed by atoms with Crippen LogP contribution in [0.5, 0.6) is 0 Å². The zero-order chi connectivity index (χ0) is 20.8. The minimum Gasteiger partial charge on any atom is -0.370 e. The van der Waals surface area contributed by atoms with Gasteiger partial charge in [-0.25, -0.2) is 4.39 Å². The Morgan fingerprint density at radius 3 is 2.53 bits per heavy atom. The molecule has 2 aromatic carbocycles. The van der Waals surface area contributed by atoms with Crippen molar-refractivity contribution in [1.29, 1.82) is 0 Å². The van der Waals surface area contributed by atoms with E-state index in [1.54, 1.807) is 36.5 Å². The molecule has 7 heteroatoms. The van der Waals surface area contributed by atoms with Crippen LogP contribution in [0.1, 0.15) is 18.4 Å². The smallest absolute Gasteiger partial charge is 0.248 e. The van der Waals surface area contributed by atoms with Crippen molar-refractivity contribution in [1.82, 2.24) is 10.2 Å². The van der Waals surface area contributed by atoms with E-state index in [0.29, 0.717) is 17.1 Å². The lowest BCUT2D eigenvalue weighted by Crippen LogP contribution is -2.18.